The molecule has 0 radical (unpaired) electrons. The number of nitrogens with zero attached hydrogens (tertiary/aromatic N) is 1. The van der Waals surface area contributed by atoms with Crippen molar-refractivity contribution in [3.63, 3.8) is 0 Å². The van der Waals surface area contributed by atoms with Gasteiger partial charge in [-0.15, -0.1) is 0 Å². The molecule has 0 aliphatic carbocycles. The highest BCUT2D eigenvalue weighted by atomic mass is 16.1. The number of allylic oxidation sites excluding steroid dienone is 1. The number of amides is 1. The number of hydrogen-bond acceptors (Lipinski definition) is 4. The highest BCUT2D eigenvalue weighted by Gasteiger charge is 2.08. The monoisotopic (exact) mass is 346 g/mol. The lowest BCUT2D eigenvalue weighted by atomic mass is 10.0. The van der Waals surface area contributed by atoms with Crippen LogP contribution in [-0.4, -0.2) is 12.1 Å². The Morgan fingerprint density at radius 1 is 1.04 bits per heavy atom. The predicted molar refractivity (Wildman–Crippen MR) is 109 cm³/mol. The SMILES string of the molecule is C=C(N)c1cccc(C(=C)C=N/C(N)=C(\C)C(=O)Nc2ccccc2)c1. The first-order chi connectivity index (χ1) is 12.4. The molecule has 0 aliphatic heterocycles. The molecule has 1 amide bonds. The van der Waals surface area contributed by atoms with Gasteiger partial charge in [0.05, 0.1) is 5.57 Å². The van der Waals surface area contributed by atoms with Gasteiger partial charge in [-0.1, -0.05) is 49.6 Å². The van der Waals surface area contributed by atoms with Crippen LogP contribution in [0.1, 0.15) is 18.1 Å². The third kappa shape index (κ3) is 4.95. The Hall–Kier alpha value is -3.60. The molecule has 0 heterocycles. The first kappa shape index (κ1) is 18.7. The zero-order valence-corrected chi connectivity index (χ0v) is 14.7. The minimum atomic E-state index is -0.308. The van der Waals surface area contributed by atoms with Crippen molar-refractivity contribution in [3.05, 3.63) is 90.3 Å². The number of para-hydroxylation sites is 1. The number of benzene rings is 2. The van der Waals surface area contributed by atoms with Gasteiger partial charge in [-0.3, -0.25) is 4.79 Å². The van der Waals surface area contributed by atoms with Crippen LogP contribution in [0.2, 0.25) is 0 Å². The normalized spacial score (nSPS) is 11.7. The second-order valence-corrected chi connectivity index (χ2v) is 5.72. The van der Waals surface area contributed by atoms with E-state index < -0.39 is 0 Å². The Labute approximate surface area is 153 Å². The van der Waals surface area contributed by atoms with Gasteiger partial charge in [-0.25, -0.2) is 4.99 Å². The van der Waals surface area contributed by atoms with Gasteiger partial charge < -0.3 is 16.8 Å². The van der Waals surface area contributed by atoms with Crippen molar-refractivity contribution >= 4 is 29.1 Å². The Bertz CT molecular complexity index is 895. The van der Waals surface area contributed by atoms with E-state index in [0.717, 1.165) is 11.1 Å². The largest absolute Gasteiger partial charge is 0.399 e. The summed E-state index contributed by atoms with van der Waals surface area (Å²) in [5, 5.41) is 2.77. The average Bonchev–Trinajstić information content (AvgIpc) is 2.66. The summed E-state index contributed by atoms with van der Waals surface area (Å²) in [4.78, 5) is 16.4. The van der Waals surface area contributed by atoms with Crippen LogP contribution < -0.4 is 16.8 Å². The first-order valence-electron chi connectivity index (χ1n) is 7.99. The molecule has 0 atom stereocenters. The lowest BCUT2D eigenvalue weighted by Gasteiger charge is -2.07. The molecule has 0 fully saturated rings. The van der Waals surface area contributed by atoms with Crippen LogP contribution in [0.3, 0.4) is 0 Å². The molecule has 132 valence electrons. The van der Waals surface area contributed by atoms with E-state index in [1.165, 1.54) is 6.21 Å². The summed E-state index contributed by atoms with van der Waals surface area (Å²) in [7, 11) is 0. The van der Waals surface area contributed by atoms with E-state index in [-0.39, 0.29) is 11.7 Å². The molecule has 5 heteroatoms. The summed E-state index contributed by atoms with van der Waals surface area (Å²) >= 11 is 0. The van der Waals surface area contributed by atoms with Crippen molar-refractivity contribution in [2.24, 2.45) is 16.5 Å². The Morgan fingerprint density at radius 2 is 1.69 bits per heavy atom. The van der Waals surface area contributed by atoms with Crippen molar-refractivity contribution in [1.82, 2.24) is 0 Å². The van der Waals surface area contributed by atoms with Gasteiger partial charge in [0.25, 0.3) is 5.91 Å². The molecule has 5 N–H and O–H groups in total. The maximum atomic E-state index is 12.2. The minimum Gasteiger partial charge on any atom is -0.399 e. The van der Waals surface area contributed by atoms with Crippen molar-refractivity contribution in [3.8, 4) is 0 Å². The predicted octanol–water partition coefficient (Wildman–Crippen LogP) is 3.53. The van der Waals surface area contributed by atoms with E-state index in [2.05, 4.69) is 23.5 Å². The van der Waals surface area contributed by atoms with E-state index in [4.69, 9.17) is 11.5 Å². The average molecular weight is 346 g/mol. The van der Waals surface area contributed by atoms with Gasteiger partial charge in [0, 0.05) is 17.6 Å². The number of rotatable bonds is 6. The summed E-state index contributed by atoms with van der Waals surface area (Å²) < 4.78 is 0. The molecule has 2 aromatic rings. The lowest BCUT2D eigenvalue weighted by molar-refractivity contribution is -0.112. The van der Waals surface area contributed by atoms with E-state index in [1.807, 2.05) is 42.5 Å². The van der Waals surface area contributed by atoms with Crippen LogP contribution in [-0.2, 0) is 4.79 Å². The van der Waals surface area contributed by atoms with Gasteiger partial charge in [-0.05, 0) is 41.8 Å². The number of nitrogens with one attached hydrogen (secondary N) is 1. The number of nitrogens with two attached hydrogens (primary N) is 2. The number of anilines is 1. The molecule has 0 saturated heterocycles. The van der Waals surface area contributed by atoms with Gasteiger partial charge in [0.1, 0.15) is 5.82 Å². The molecular formula is C21H22N4O. The van der Waals surface area contributed by atoms with Crippen LogP contribution in [0.5, 0.6) is 0 Å². The highest BCUT2D eigenvalue weighted by Crippen LogP contribution is 2.16. The van der Waals surface area contributed by atoms with Crippen LogP contribution >= 0.6 is 0 Å². The third-order valence-electron chi connectivity index (χ3n) is 3.72. The highest BCUT2D eigenvalue weighted by molar-refractivity contribution is 6.10. The van der Waals surface area contributed by atoms with Gasteiger partial charge in [0.15, 0.2) is 0 Å². The molecule has 5 nitrogen and oxygen atoms in total. The Kier molecular flexibility index (Phi) is 6.11. The van der Waals surface area contributed by atoms with E-state index in [0.29, 0.717) is 22.5 Å². The van der Waals surface area contributed by atoms with Crippen molar-refractivity contribution in [1.29, 1.82) is 0 Å². The van der Waals surface area contributed by atoms with E-state index in [9.17, 15) is 4.79 Å². The molecule has 2 rings (SSSR count). The zero-order chi connectivity index (χ0) is 19.1. The van der Waals surface area contributed by atoms with Crippen molar-refractivity contribution < 1.29 is 4.79 Å². The Balaban J connectivity index is 2.11. The Morgan fingerprint density at radius 3 is 2.35 bits per heavy atom. The van der Waals surface area contributed by atoms with Crippen LogP contribution in [0.4, 0.5) is 5.69 Å². The fraction of sp³-hybridized carbons (Fsp3) is 0.0476. The van der Waals surface area contributed by atoms with Crippen molar-refractivity contribution in [2.75, 3.05) is 5.32 Å². The molecular weight excluding hydrogens is 324 g/mol. The summed E-state index contributed by atoms with van der Waals surface area (Å²) in [6, 6.07) is 16.6. The molecule has 0 unspecified atom stereocenters. The summed E-state index contributed by atoms with van der Waals surface area (Å²) in [6.07, 6.45) is 1.52. The standard InChI is InChI=1S/C21H22N4O/c1-14(17-8-7-9-18(12-17)16(3)22)13-24-20(23)15(2)21(26)25-19-10-5-4-6-11-19/h4-13H,1,3,22-23H2,2H3,(H,25,26)/b20-15+,24-13?. The summed E-state index contributed by atoms with van der Waals surface area (Å²) in [6.45, 7) is 9.31. The quantitative estimate of drug-likeness (QED) is 0.552. The topological polar surface area (TPSA) is 93.5 Å². The molecule has 0 aromatic heterocycles. The van der Waals surface area contributed by atoms with Gasteiger partial charge in [-0.2, -0.15) is 0 Å². The van der Waals surface area contributed by atoms with Crippen LogP contribution in [0.15, 0.2) is 84.1 Å². The summed E-state index contributed by atoms with van der Waals surface area (Å²) in [5.74, 6) is -0.183. The second kappa shape index (κ2) is 8.48. The maximum Gasteiger partial charge on any atom is 0.255 e. The zero-order valence-electron chi connectivity index (χ0n) is 14.7. The van der Waals surface area contributed by atoms with Gasteiger partial charge in [0.2, 0.25) is 0 Å². The molecule has 0 spiro atoms. The van der Waals surface area contributed by atoms with Gasteiger partial charge >= 0.3 is 0 Å². The van der Waals surface area contributed by atoms with Crippen molar-refractivity contribution in [2.45, 2.75) is 6.92 Å². The fourth-order valence-corrected chi connectivity index (χ4v) is 2.10. The van der Waals surface area contributed by atoms with E-state index >= 15 is 0 Å². The molecule has 0 aliphatic rings. The number of hydrogen-bond donors (Lipinski definition) is 3. The molecule has 2 aromatic carbocycles. The minimum absolute atomic E-state index is 0.124. The number of carbonyl (C=O) groups is 1. The van der Waals surface area contributed by atoms with E-state index in [1.54, 1.807) is 19.1 Å². The third-order valence-corrected chi connectivity index (χ3v) is 3.72. The smallest absolute Gasteiger partial charge is 0.255 e. The second-order valence-electron chi connectivity index (χ2n) is 5.72. The molecule has 0 saturated carbocycles. The maximum absolute atomic E-state index is 12.2. The van der Waals surface area contributed by atoms with Crippen LogP contribution in [0, 0.1) is 0 Å². The fourth-order valence-electron chi connectivity index (χ4n) is 2.10. The van der Waals surface area contributed by atoms with Crippen LogP contribution in [0.25, 0.3) is 11.3 Å². The first-order valence-corrected chi connectivity index (χ1v) is 7.99. The molecule has 26 heavy (non-hydrogen) atoms. The molecule has 0 bridgehead atoms. The lowest BCUT2D eigenvalue weighted by Crippen LogP contribution is -2.16. The summed E-state index contributed by atoms with van der Waals surface area (Å²) in [5.41, 5.74) is 15.4. The number of aliphatic imine (C=N–C) groups is 1. The number of carbonyl (C=O) groups excluding carboxylic acids is 1.